The Hall–Kier alpha value is -1.64. The van der Waals surface area contributed by atoms with E-state index < -0.39 is 21.7 Å². The second-order valence-electron chi connectivity index (χ2n) is 5.48. The first-order valence-electron chi connectivity index (χ1n) is 7.05. The number of hydrogen-bond acceptors (Lipinski definition) is 6. The van der Waals surface area contributed by atoms with Gasteiger partial charge < -0.3 is 21.3 Å². The predicted molar refractivity (Wildman–Crippen MR) is 80.9 cm³/mol. The molecule has 1 fully saturated rings. The summed E-state index contributed by atoms with van der Waals surface area (Å²) < 4.78 is 23.8. The van der Waals surface area contributed by atoms with Crippen molar-refractivity contribution < 1.29 is 23.4 Å². The molecule has 0 aliphatic heterocycles. The standard InChI is InChI=1S/C14H20N2O5S/c15-9-1-6-12(13(7-9)22(20,21)8-17)14(19)16-10-2-4-11(18)5-3-10/h1,6-7,10-11,17-18H,2-5,8,15H2,(H,16,19). The minimum absolute atomic E-state index is 0.0330. The fraction of sp³-hybridized carbons (Fsp3) is 0.500. The van der Waals surface area contributed by atoms with Crippen molar-refractivity contribution in [2.45, 2.75) is 42.7 Å². The highest BCUT2D eigenvalue weighted by molar-refractivity contribution is 7.91. The average Bonchev–Trinajstić information content (AvgIpc) is 2.49. The summed E-state index contributed by atoms with van der Waals surface area (Å²) in [5.74, 6) is -1.61. The van der Waals surface area contributed by atoms with Gasteiger partial charge in [0.05, 0.1) is 16.6 Å². The number of hydrogen-bond donors (Lipinski definition) is 4. The Bertz CT molecular complexity index is 651. The van der Waals surface area contributed by atoms with E-state index in [2.05, 4.69) is 5.32 Å². The normalized spacial score (nSPS) is 22.3. The van der Waals surface area contributed by atoms with Crippen molar-refractivity contribution in [1.29, 1.82) is 0 Å². The van der Waals surface area contributed by atoms with E-state index in [1.165, 1.54) is 18.2 Å². The topological polar surface area (TPSA) is 130 Å². The van der Waals surface area contributed by atoms with Crippen molar-refractivity contribution in [2.24, 2.45) is 0 Å². The molecule has 0 bridgehead atoms. The number of nitrogens with two attached hydrogens (primary N) is 1. The van der Waals surface area contributed by atoms with E-state index in [4.69, 9.17) is 10.8 Å². The maximum Gasteiger partial charge on any atom is 0.252 e. The van der Waals surface area contributed by atoms with Crippen LogP contribution in [0.3, 0.4) is 0 Å². The third kappa shape index (κ3) is 3.76. The molecule has 0 saturated heterocycles. The molecular formula is C14H20N2O5S. The molecule has 0 heterocycles. The second-order valence-corrected chi connectivity index (χ2v) is 7.41. The number of nitrogen functional groups attached to an aromatic ring is 1. The van der Waals surface area contributed by atoms with E-state index in [-0.39, 0.29) is 28.3 Å². The zero-order chi connectivity index (χ0) is 16.3. The van der Waals surface area contributed by atoms with E-state index in [1.807, 2.05) is 0 Å². The number of sulfone groups is 1. The number of nitrogens with one attached hydrogen (secondary N) is 1. The van der Waals surface area contributed by atoms with Crippen LogP contribution in [0.4, 0.5) is 5.69 Å². The monoisotopic (exact) mass is 328 g/mol. The van der Waals surface area contributed by atoms with Crippen LogP contribution in [0.25, 0.3) is 0 Å². The number of rotatable bonds is 4. The van der Waals surface area contributed by atoms with Gasteiger partial charge in [-0.15, -0.1) is 0 Å². The zero-order valence-electron chi connectivity index (χ0n) is 12.0. The Kier molecular flexibility index (Phi) is 5.05. The second kappa shape index (κ2) is 6.64. The molecule has 0 aromatic heterocycles. The number of anilines is 1. The van der Waals surface area contributed by atoms with Crippen LogP contribution >= 0.6 is 0 Å². The van der Waals surface area contributed by atoms with Gasteiger partial charge in [0.25, 0.3) is 5.91 Å². The lowest BCUT2D eigenvalue weighted by Crippen LogP contribution is -2.39. The van der Waals surface area contributed by atoms with Crippen molar-refractivity contribution in [3.05, 3.63) is 23.8 Å². The summed E-state index contributed by atoms with van der Waals surface area (Å²) in [5, 5.41) is 21.2. The Balaban J connectivity index is 2.23. The molecule has 1 aromatic rings. The van der Waals surface area contributed by atoms with Gasteiger partial charge in [0, 0.05) is 11.7 Å². The lowest BCUT2D eigenvalue weighted by molar-refractivity contribution is 0.0864. The molecular weight excluding hydrogens is 308 g/mol. The van der Waals surface area contributed by atoms with Gasteiger partial charge in [0.1, 0.15) is 5.94 Å². The molecule has 1 amide bonds. The maximum absolute atomic E-state index is 12.3. The molecule has 0 radical (unpaired) electrons. The molecule has 1 saturated carbocycles. The van der Waals surface area contributed by atoms with E-state index in [0.717, 1.165) is 0 Å². The smallest absolute Gasteiger partial charge is 0.252 e. The fourth-order valence-electron chi connectivity index (χ4n) is 2.54. The van der Waals surface area contributed by atoms with Crippen LogP contribution in [-0.2, 0) is 9.84 Å². The van der Waals surface area contributed by atoms with E-state index in [1.54, 1.807) is 0 Å². The first-order chi connectivity index (χ1) is 10.3. The third-order valence-electron chi connectivity index (χ3n) is 3.79. The lowest BCUT2D eigenvalue weighted by atomic mass is 9.93. The number of aliphatic hydroxyl groups is 2. The number of benzene rings is 1. The Morgan fingerprint density at radius 1 is 1.27 bits per heavy atom. The highest BCUT2D eigenvalue weighted by atomic mass is 32.2. The minimum Gasteiger partial charge on any atom is -0.399 e. The van der Waals surface area contributed by atoms with Crippen molar-refractivity contribution in [3.8, 4) is 0 Å². The molecule has 2 rings (SSSR count). The summed E-state index contributed by atoms with van der Waals surface area (Å²) in [6, 6.07) is 3.85. The number of carbonyl (C=O) groups is 1. The van der Waals surface area contributed by atoms with Gasteiger partial charge in [-0.2, -0.15) is 0 Å². The summed E-state index contributed by atoms with van der Waals surface area (Å²) in [7, 11) is -3.97. The van der Waals surface area contributed by atoms with Gasteiger partial charge in [0.2, 0.25) is 9.84 Å². The van der Waals surface area contributed by atoms with Crippen LogP contribution < -0.4 is 11.1 Å². The average molecular weight is 328 g/mol. The number of aliphatic hydroxyl groups excluding tert-OH is 2. The predicted octanol–water partition coefficient (Wildman–Crippen LogP) is 0.0256. The zero-order valence-corrected chi connectivity index (χ0v) is 12.8. The van der Waals surface area contributed by atoms with E-state index >= 15 is 0 Å². The Morgan fingerprint density at radius 2 is 1.91 bits per heavy atom. The Morgan fingerprint density at radius 3 is 2.50 bits per heavy atom. The van der Waals surface area contributed by atoms with E-state index in [0.29, 0.717) is 25.7 Å². The molecule has 122 valence electrons. The lowest BCUT2D eigenvalue weighted by Gasteiger charge is -2.26. The van der Waals surface area contributed by atoms with Gasteiger partial charge in [-0.3, -0.25) is 4.79 Å². The summed E-state index contributed by atoms with van der Waals surface area (Å²) in [6.45, 7) is 0. The molecule has 7 nitrogen and oxygen atoms in total. The SMILES string of the molecule is Nc1ccc(C(=O)NC2CCC(O)CC2)c(S(=O)(=O)CO)c1. The molecule has 0 spiro atoms. The van der Waals surface area contributed by atoms with Crippen LogP contribution in [0, 0.1) is 0 Å². The largest absolute Gasteiger partial charge is 0.399 e. The number of carbonyl (C=O) groups excluding carboxylic acids is 1. The molecule has 1 aliphatic carbocycles. The quantitative estimate of drug-likeness (QED) is 0.577. The van der Waals surface area contributed by atoms with Crippen LogP contribution in [0.2, 0.25) is 0 Å². The first-order valence-corrected chi connectivity index (χ1v) is 8.71. The number of amides is 1. The summed E-state index contributed by atoms with van der Waals surface area (Å²) >= 11 is 0. The highest BCUT2D eigenvalue weighted by Crippen LogP contribution is 2.22. The van der Waals surface area contributed by atoms with Crippen LogP contribution in [-0.4, -0.2) is 42.6 Å². The van der Waals surface area contributed by atoms with Gasteiger partial charge in [-0.05, 0) is 43.9 Å². The van der Waals surface area contributed by atoms with Crippen LogP contribution in [0.5, 0.6) is 0 Å². The fourth-order valence-corrected chi connectivity index (χ4v) is 3.49. The summed E-state index contributed by atoms with van der Waals surface area (Å²) in [4.78, 5) is 12.1. The third-order valence-corrected chi connectivity index (χ3v) is 5.14. The molecule has 1 aromatic carbocycles. The molecule has 22 heavy (non-hydrogen) atoms. The first kappa shape index (κ1) is 16.7. The van der Waals surface area contributed by atoms with Crippen molar-refractivity contribution >= 4 is 21.4 Å². The van der Waals surface area contributed by atoms with Gasteiger partial charge in [-0.1, -0.05) is 0 Å². The van der Waals surface area contributed by atoms with Gasteiger partial charge in [0.15, 0.2) is 0 Å². The van der Waals surface area contributed by atoms with Gasteiger partial charge in [-0.25, -0.2) is 8.42 Å². The maximum atomic E-state index is 12.3. The van der Waals surface area contributed by atoms with Gasteiger partial charge >= 0.3 is 0 Å². The van der Waals surface area contributed by atoms with Crippen molar-refractivity contribution in [2.75, 3.05) is 11.7 Å². The van der Waals surface area contributed by atoms with Crippen molar-refractivity contribution in [3.63, 3.8) is 0 Å². The van der Waals surface area contributed by atoms with Crippen molar-refractivity contribution in [1.82, 2.24) is 5.32 Å². The van der Waals surface area contributed by atoms with Crippen LogP contribution in [0.15, 0.2) is 23.1 Å². The molecule has 0 atom stereocenters. The molecule has 5 N–H and O–H groups in total. The van der Waals surface area contributed by atoms with E-state index in [9.17, 15) is 18.3 Å². The summed E-state index contributed by atoms with van der Waals surface area (Å²) in [6.07, 6.45) is 2.16. The molecule has 1 aliphatic rings. The highest BCUT2D eigenvalue weighted by Gasteiger charge is 2.25. The Labute approximate surface area is 129 Å². The summed E-state index contributed by atoms with van der Waals surface area (Å²) in [5.41, 5.74) is 5.74. The minimum atomic E-state index is -3.97. The molecule has 0 unspecified atom stereocenters. The molecule has 8 heteroatoms. The van der Waals surface area contributed by atoms with Crippen LogP contribution in [0.1, 0.15) is 36.0 Å².